The highest BCUT2D eigenvalue weighted by molar-refractivity contribution is 5.81. The number of rotatable bonds is 5. The van der Waals surface area contributed by atoms with Crippen LogP contribution in [-0.4, -0.2) is 24.4 Å². The molecule has 0 bridgehead atoms. The normalized spacial score (nSPS) is 23.2. The molecule has 0 aliphatic heterocycles. The Kier molecular flexibility index (Phi) is 6.50. The highest BCUT2D eigenvalue weighted by Gasteiger charge is 2.23. The Balaban J connectivity index is 2.16. The topological polar surface area (TPSA) is 58.2 Å². The fraction of sp³-hybridized carbons (Fsp3) is 0.875. The predicted octanol–water partition coefficient (Wildman–Crippen LogP) is 2.62. The zero-order valence-electron chi connectivity index (χ0n) is 13.4. The molecule has 2 atom stereocenters. The molecule has 20 heavy (non-hydrogen) atoms. The second kappa shape index (κ2) is 7.65. The van der Waals surface area contributed by atoms with E-state index in [2.05, 4.69) is 17.6 Å². The van der Waals surface area contributed by atoms with Gasteiger partial charge in [-0.3, -0.25) is 9.59 Å². The number of amides is 2. The van der Waals surface area contributed by atoms with Gasteiger partial charge in [-0.2, -0.15) is 0 Å². The maximum Gasteiger partial charge on any atom is 0.225 e. The van der Waals surface area contributed by atoms with Crippen LogP contribution in [0.3, 0.4) is 0 Å². The van der Waals surface area contributed by atoms with Crippen molar-refractivity contribution in [2.75, 3.05) is 6.54 Å². The number of carbonyl (C=O) groups excluding carboxylic acids is 2. The van der Waals surface area contributed by atoms with Crippen LogP contribution in [-0.2, 0) is 9.59 Å². The molecule has 2 N–H and O–H groups in total. The third-order valence-corrected chi connectivity index (χ3v) is 4.01. The lowest BCUT2D eigenvalue weighted by molar-refractivity contribution is -0.128. The van der Waals surface area contributed by atoms with Crippen LogP contribution in [0.15, 0.2) is 0 Å². The lowest BCUT2D eigenvalue weighted by atomic mass is 9.86. The predicted molar refractivity (Wildman–Crippen MR) is 81.3 cm³/mol. The van der Waals surface area contributed by atoms with Crippen LogP contribution < -0.4 is 10.6 Å². The van der Waals surface area contributed by atoms with E-state index in [0.717, 1.165) is 6.42 Å². The minimum Gasteiger partial charge on any atom is -0.356 e. The maximum absolute atomic E-state index is 11.9. The molecule has 0 spiro atoms. The SMILES string of the molecule is CC1CCCCC1NC(=O)CCCNC(=O)C(C)(C)C. The van der Waals surface area contributed by atoms with Gasteiger partial charge < -0.3 is 10.6 Å². The first-order chi connectivity index (χ1) is 9.30. The van der Waals surface area contributed by atoms with Gasteiger partial charge in [-0.1, -0.05) is 40.5 Å². The Hall–Kier alpha value is -1.06. The summed E-state index contributed by atoms with van der Waals surface area (Å²) in [5, 5.41) is 6.01. The van der Waals surface area contributed by atoms with Crippen molar-refractivity contribution in [2.24, 2.45) is 11.3 Å². The van der Waals surface area contributed by atoms with E-state index in [9.17, 15) is 9.59 Å². The standard InChI is InChI=1S/C16H30N2O2/c1-12-8-5-6-9-13(12)18-14(19)10-7-11-17-15(20)16(2,3)4/h12-13H,5-11H2,1-4H3,(H,17,20)(H,18,19). The third kappa shape index (κ3) is 5.93. The van der Waals surface area contributed by atoms with Gasteiger partial charge >= 0.3 is 0 Å². The van der Waals surface area contributed by atoms with E-state index in [4.69, 9.17) is 0 Å². The van der Waals surface area contributed by atoms with Gasteiger partial charge in [0.15, 0.2) is 0 Å². The summed E-state index contributed by atoms with van der Waals surface area (Å²) in [5.74, 6) is 0.751. The summed E-state index contributed by atoms with van der Waals surface area (Å²) in [7, 11) is 0. The monoisotopic (exact) mass is 282 g/mol. The van der Waals surface area contributed by atoms with E-state index in [0.29, 0.717) is 31.3 Å². The van der Waals surface area contributed by atoms with Crippen LogP contribution in [0.25, 0.3) is 0 Å². The largest absolute Gasteiger partial charge is 0.356 e. The Labute approximate surface area is 123 Å². The molecule has 1 saturated carbocycles. The minimum atomic E-state index is -0.361. The van der Waals surface area contributed by atoms with Crippen molar-refractivity contribution in [1.29, 1.82) is 0 Å². The quantitative estimate of drug-likeness (QED) is 0.762. The van der Waals surface area contributed by atoms with Gasteiger partial charge in [-0.25, -0.2) is 0 Å². The summed E-state index contributed by atoms with van der Waals surface area (Å²) in [5.41, 5.74) is -0.361. The lowest BCUT2D eigenvalue weighted by Gasteiger charge is -2.29. The summed E-state index contributed by atoms with van der Waals surface area (Å²) in [4.78, 5) is 23.5. The van der Waals surface area contributed by atoms with Crippen LogP contribution >= 0.6 is 0 Å². The van der Waals surface area contributed by atoms with Gasteiger partial charge in [0, 0.05) is 24.4 Å². The van der Waals surface area contributed by atoms with Crippen molar-refractivity contribution < 1.29 is 9.59 Å². The Morgan fingerprint density at radius 2 is 1.80 bits per heavy atom. The van der Waals surface area contributed by atoms with Crippen LogP contribution in [0, 0.1) is 11.3 Å². The van der Waals surface area contributed by atoms with Crippen molar-refractivity contribution in [2.45, 2.75) is 72.3 Å². The number of carbonyl (C=O) groups is 2. The fourth-order valence-electron chi connectivity index (χ4n) is 2.53. The van der Waals surface area contributed by atoms with E-state index in [1.807, 2.05) is 20.8 Å². The summed E-state index contributed by atoms with van der Waals surface area (Å²) in [6.45, 7) is 8.45. The smallest absolute Gasteiger partial charge is 0.225 e. The van der Waals surface area contributed by atoms with Crippen molar-refractivity contribution in [3.8, 4) is 0 Å². The molecule has 0 aromatic heterocycles. The van der Waals surface area contributed by atoms with Gasteiger partial charge in [-0.15, -0.1) is 0 Å². The van der Waals surface area contributed by atoms with E-state index in [1.54, 1.807) is 0 Å². The molecule has 2 unspecified atom stereocenters. The molecular weight excluding hydrogens is 252 g/mol. The molecule has 4 heteroatoms. The molecule has 116 valence electrons. The van der Waals surface area contributed by atoms with Gasteiger partial charge in [0.1, 0.15) is 0 Å². The minimum absolute atomic E-state index is 0.0406. The second-order valence-electron chi connectivity index (χ2n) is 7.05. The number of hydrogen-bond donors (Lipinski definition) is 2. The average molecular weight is 282 g/mol. The first-order valence-electron chi connectivity index (χ1n) is 7.88. The summed E-state index contributed by atoms with van der Waals surface area (Å²) in [6, 6.07) is 0.348. The first-order valence-corrected chi connectivity index (χ1v) is 7.88. The fourth-order valence-corrected chi connectivity index (χ4v) is 2.53. The maximum atomic E-state index is 11.9. The van der Waals surface area contributed by atoms with Crippen molar-refractivity contribution >= 4 is 11.8 Å². The number of nitrogens with one attached hydrogen (secondary N) is 2. The van der Waals surface area contributed by atoms with Crippen molar-refractivity contribution in [3.05, 3.63) is 0 Å². The summed E-state index contributed by atoms with van der Waals surface area (Å²) >= 11 is 0. The highest BCUT2D eigenvalue weighted by atomic mass is 16.2. The zero-order valence-corrected chi connectivity index (χ0v) is 13.4. The molecule has 4 nitrogen and oxygen atoms in total. The van der Waals surface area contributed by atoms with E-state index >= 15 is 0 Å². The summed E-state index contributed by atoms with van der Waals surface area (Å²) in [6.07, 6.45) is 6.02. The van der Waals surface area contributed by atoms with E-state index in [1.165, 1.54) is 19.3 Å². The van der Waals surface area contributed by atoms with Crippen LogP contribution in [0.4, 0.5) is 0 Å². The Bertz CT molecular complexity index is 334. The molecule has 0 saturated heterocycles. The molecule has 0 aromatic rings. The van der Waals surface area contributed by atoms with E-state index in [-0.39, 0.29) is 17.2 Å². The van der Waals surface area contributed by atoms with Gasteiger partial charge in [0.05, 0.1) is 0 Å². The van der Waals surface area contributed by atoms with E-state index < -0.39 is 0 Å². The molecule has 2 amide bonds. The molecule has 0 aromatic carbocycles. The molecule has 1 rings (SSSR count). The number of hydrogen-bond acceptors (Lipinski definition) is 2. The molecule has 1 fully saturated rings. The highest BCUT2D eigenvalue weighted by Crippen LogP contribution is 2.23. The van der Waals surface area contributed by atoms with Crippen LogP contribution in [0.2, 0.25) is 0 Å². The first kappa shape index (κ1) is 17.0. The Morgan fingerprint density at radius 3 is 2.40 bits per heavy atom. The molecule has 1 aliphatic carbocycles. The molecular formula is C16H30N2O2. The summed E-state index contributed by atoms with van der Waals surface area (Å²) < 4.78 is 0. The van der Waals surface area contributed by atoms with Crippen molar-refractivity contribution in [1.82, 2.24) is 10.6 Å². The average Bonchev–Trinajstić information content (AvgIpc) is 2.36. The van der Waals surface area contributed by atoms with Crippen molar-refractivity contribution in [3.63, 3.8) is 0 Å². The zero-order chi connectivity index (χ0) is 15.2. The van der Waals surface area contributed by atoms with Crippen LogP contribution in [0.1, 0.15) is 66.2 Å². The van der Waals surface area contributed by atoms with Gasteiger partial charge in [0.25, 0.3) is 0 Å². The van der Waals surface area contributed by atoms with Gasteiger partial charge in [-0.05, 0) is 25.2 Å². The van der Waals surface area contributed by atoms with Crippen LogP contribution in [0.5, 0.6) is 0 Å². The molecule has 1 aliphatic rings. The third-order valence-electron chi connectivity index (χ3n) is 4.01. The Morgan fingerprint density at radius 1 is 1.15 bits per heavy atom. The molecule has 0 radical (unpaired) electrons. The second-order valence-corrected chi connectivity index (χ2v) is 7.05. The van der Waals surface area contributed by atoms with Gasteiger partial charge in [0.2, 0.25) is 11.8 Å². The lowest BCUT2D eigenvalue weighted by Crippen LogP contribution is -2.41. The molecule has 0 heterocycles.